The molecule has 0 amide bonds. The zero-order chi connectivity index (χ0) is 14.4. The first-order chi connectivity index (χ1) is 9.71. The van der Waals surface area contributed by atoms with Crippen molar-refractivity contribution in [2.45, 2.75) is 39.2 Å². The van der Waals surface area contributed by atoms with Crippen LogP contribution in [0.5, 0.6) is 0 Å². The van der Waals surface area contributed by atoms with Gasteiger partial charge in [0.1, 0.15) is 11.6 Å². The number of nitrogens with one attached hydrogen (secondary N) is 2. The number of nitrogens with two attached hydrogens (primary N) is 1. The number of nitrogens with zero attached hydrogens (tertiary/aromatic N) is 3. The fourth-order valence-electron chi connectivity index (χ4n) is 2.55. The number of nitrogen functional groups attached to an aromatic ring is 1. The van der Waals surface area contributed by atoms with Gasteiger partial charge in [0.2, 0.25) is 5.95 Å². The molecule has 1 aliphatic heterocycles. The van der Waals surface area contributed by atoms with E-state index in [1.54, 1.807) is 0 Å². The van der Waals surface area contributed by atoms with Crippen LogP contribution >= 0.6 is 0 Å². The Morgan fingerprint density at radius 3 is 2.90 bits per heavy atom. The third kappa shape index (κ3) is 4.23. The minimum atomic E-state index is 0.316. The van der Waals surface area contributed by atoms with E-state index in [1.165, 1.54) is 19.4 Å². The lowest BCUT2D eigenvalue weighted by Crippen LogP contribution is -2.42. The van der Waals surface area contributed by atoms with Gasteiger partial charge in [0.25, 0.3) is 0 Å². The highest BCUT2D eigenvalue weighted by Gasteiger charge is 2.19. The van der Waals surface area contributed by atoms with Crippen molar-refractivity contribution in [1.29, 1.82) is 0 Å². The molecule has 1 saturated heterocycles. The molecule has 0 aromatic carbocycles. The van der Waals surface area contributed by atoms with Crippen molar-refractivity contribution in [2.24, 2.45) is 0 Å². The third-order valence-electron chi connectivity index (χ3n) is 3.60. The molecule has 6 nitrogen and oxygen atoms in total. The zero-order valence-electron chi connectivity index (χ0n) is 12.5. The summed E-state index contributed by atoms with van der Waals surface area (Å²) >= 11 is 0. The number of anilines is 3. The van der Waals surface area contributed by atoms with Crippen LogP contribution in [0.3, 0.4) is 0 Å². The second kappa shape index (κ2) is 7.28. The second-order valence-electron chi connectivity index (χ2n) is 5.30. The highest BCUT2D eigenvalue weighted by atomic mass is 15.2. The lowest BCUT2D eigenvalue weighted by atomic mass is 10.1. The molecule has 0 bridgehead atoms. The van der Waals surface area contributed by atoms with Crippen LogP contribution in [0.15, 0.2) is 6.07 Å². The Labute approximate surface area is 121 Å². The van der Waals surface area contributed by atoms with E-state index >= 15 is 0 Å². The minimum Gasteiger partial charge on any atom is -0.370 e. The molecule has 20 heavy (non-hydrogen) atoms. The molecule has 6 heteroatoms. The molecule has 2 heterocycles. The van der Waals surface area contributed by atoms with Gasteiger partial charge < -0.3 is 21.3 Å². The number of piperidine rings is 1. The summed E-state index contributed by atoms with van der Waals surface area (Å²) in [5.41, 5.74) is 5.78. The maximum Gasteiger partial charge on any atom is 0.223 e. The van der Waals surface area contributed by atoms with Gasteiger partial charge in [-0.05, 0) is 32.4 Å². The summed E-state index contributed by atoms with van der Waals surface area (Å²) in [6, 6.07) is 2.38. The van der Waals surface area contributed by atoms with Crippen molar-refractivity contribution in [3.05, 3.63) is 6.07 Å². The summed E-state index contributed by atoms with van der Waals surface area (Å²) in [6.45, 7) is 8.59. The van der Waals surface area contributed by atoms with Gasteiger partial charge in [-0.3, -0.25) is 0 Å². The molecule has 0 spiro atoms. The van der Waals surface area contributed by atoms with Crippen LogP contribution in [0.1, 0.15) is 33.1 Å². The van der Waals surface area contributed by atoms with Crippen LogP contribution in [0, 0.1) is 0 Å². The summed E-state index contributed by atoms with van der Waals surface area (Å²) in [5, 5.41) is 6.74. The summed E-state index contributed by atoms with van der Waals surface area (Å²) < 4.78 is 0. The molecule has 112 valence electrons. The number of likely N-dealkylation sites (tertiary alicyclic amines) is 1. The summed E-state index contributed by atoms with van der Waals surface area (Å²) in [5.74, 6) is 1.93. The van der Waals surface area contributed by atoms with Crippen LogP contribution in [0.2, 0.25) is 0 Å². The molecule has 1 unspecified atom stereocenters. The average Bonchev–Trinajstić information content (AvgIpc) is 2.44. The minimum absolute atomic E-state index is 0.316. The topological polar surface area (TPSA) is 79.1 Å². The van der Waals surface area contributed by atoms with E-state index in [4.69, 9.17) is 5.73 Å². The smallest absolute Gasteiger partial charge is 0.223 e. The normalized spacial score (nSPS) is 19.8. The van der Waals surface area contributed by atoms with Gasteiger partial charge in [-0.2, -0.15) is 9.97 Å². The first-order valence-corrected chi connectivity index (χ1v) is 7.58. The van der Waals surface area contributed by atoms with E-state index in [2.05, 4.69) is 39.3 Å². The molecule has 1 aromatic heterocycles. The SMILES string of the molecule is CCCNc1cc(NC2CCCN(CC)C2)nc(N)n1. The van der Waals surface area contributed by atoms with E-state index in [-0.39, 0.29) is 0 Å². The van der Waals surface area contributed by atoms with E-state index in [0.29, 0.717) is 12.0 Å². The maximum absolute atomic E-state index is 5.78. The highest BCUT2D eigenvalue weighted by molar-refractivity contribution is 5.51. The van der Waals surface area contributed by atoms with E-state index in [1.807, 2.05) is 6.07 Å². The quantitative estimate of drug-likeness (QED) is 0.736. The number of aromatic nitrogens is 2. The molecule has 4 N–H and O–H groups in total. The monoisotopic (exact) mass is 278 g/mol. The molecule has 0 radical (unpaired) electrons. The molecule has 2 rings (SSSR count). The van der Waals surface area contributed by atoms with Crippen molar-refractivity contribution in [3.8, 4) is 0 Å². The van der Waals surface area contributed by atoms with Crippen LogP contribution in [-0.4, -0.2) is 47.1 Å². The van der Waals surface area contributed by atoms with Crippen molar-refractivity contribution >= 4 is 17.6 Å². The molecular weight excluding hydrogens is 252 g/mol. The Bertz CT molecular complexity index is 422. The van der Waals surface area contributed by atoms with Gasteiger partial charge in [-0.15, -0.1) is 0 Å². The standard InChI is InChI=1S/C14H26N6/c1-3-7-16-12-9-13(19-14(15)18-12)17-11-6-5-8-20(4-2)10-11/h9,11H,3-8,10H2,1-2H3,(H4,15,16,17,18,19). The Hall–Kier alpha value is -1.56. The highest BCUT2D eigenvalue weighted by Crippen LogP contribution is 2.17. The fraction of sp³-hybridized carbons (Fsp3) is 0.714. The van der Waals surface area contributed by atoms with Gasteiger partial charge in [0, 0.05) is 25.2 Å². The predicted molar refractivity (Wildman–Crippen MR) is 84.0 cm³/mol. The summed E-state index contributed by atoms with van der Waals surface area (Å²) in [7, 11) is 0. The summed E-state index contributed by atoms with van der Waals surface area (Å²) in [4.78, 5) is 10.9. The van der Waals surface area contributed by atoms with E-state index in [0.717, 1.165) is 37.7 Å². The van der Waals surface area contributed by atoms with Crippen LogP contribution < -0.4 is 16.4 Å². The summed E-state index contributed by atoms with van der Waals surface area (Å²) in [6.07, 6.45) is 3.46. The molecule has 0 saturated carbocycles. The molecular formula is C14H26N6. The Balaban J connectivity index is 1.99. The van der Waals surface area contributed by atoms with Crippen molar-refractivity contribution in [3.63, 3.8) is 0 Å². The number of hydrogen-bond acceptors (Lipinski definition) is 6. The van der Waals surface area contributed by atoms with E-state index in [9.17, 15) is 0 Å². The number of likely N-dealkylation sites (N-methyl/N-ethyl adjacent to an activating group) is 1. The fourth-order valence-corrected chi connectivity index (χ4v) is 2.55. The van der Waals surface area contributed by atoms with Crippen LogP contribution in [0.4, 0.5) is 17.6 Å². The van der Waals surface area contributed by atoms with Gasteiger partial charge in [-0.1, -0.05) is 13.8 Å². The number of rotatable bonds is 6. The third-order valence-corrected chi connectivity index (χ3v) is 3.60. The second-order valence-corrected chi connectivity index (χ2v) is 5.30. The zero-order valence-corrected chi connectivity index (χ0v) is 12.5. The van der Waals surface area contributed by atoms with E-state index < -0.39 is 0 Å². The molecule has 0 aliphatic carbocycles. The Morgan fingerprint density at radius 2 is 2.15 bits per heavy atom. The van der Waals surface area contributed by atoms with Gasteiger partial charge in [0.15, 0.2) is 0 Å². The van der Waals surface area contributed by atoms with Crippen LogP contribution in [0.25, 0.3) is 0 Å². The van der Waals surface area contributed by atoms with Crippen molar-refractivity contribution in [1.82, 2.24) is 14.9 Å². The molecule has 1 atom stereocenters. The molecule has 1 aromatic rings. The lowest BCUT2D eigenvalue weighted by Gasteiger charge is -2.32. The van der Waals surface area contributed by atoms with Gasteiger partial charge >= 0.3 is 0 Å². The predicted octanol–water partition coefficient (Wildman–Crippen LogP) is 1.78. The van der Waals surface area contributed by atoms with Gasteiger partial charge in [0.05, 0.1) is 0 Å². The Morgan fingerprint density at radius 1 is 1.35 bits per heavy atom. The lowest BCUT2D eigenvalue weighted by molar-refractivity contribution is 0.226. The molecule has 1 fully saturated rings. The van der Waals surface area contributed by atoms with Gasteiger partial charge in [-0.25, -0.2) is 0 Å². The van der Waals surface area contributed by atoms with Crippen LogP contribution in [-0.2, 0) is 0 Å². The first-order valence-electron chi connectivity index (χ1n) is 7.58. The van der Waals surface area contributed by atoms with Crippen molar-refractivity contribution in [2.75, 3.05) is 42.5 Å². The Kier molecular flexibility index (Phi) is 5.40. The molecule has 1 aliphatic rings. The number of hydrogen-bond donors (Lipinski definition) is 3. The average molecular weight is 278 g/mol. The van der Waals surface area contributed by atoms with Crippen molar-refractivity contribution < 1.29 is 0 Å². The largest absolute Gasteiger partial charge is 0.370 e. The maximum atomic E-state index is 5.78. The first kappa shape index (κ1) is 14.8.